The SMILES string of the molecule is CCNC(=O)C(C)NC(=O)C(C)(C)c1ccc(N)cc1. The van der Waals surface area contributed by atoms with Crippen molar-refractivity contribution in [3.05, 3.63) is 29.8 Å². The Morgan fingerprint density at radius 2 is 1.80 bits per heavy atom. The normalized spacial score (nSPS) is 12.6. The molecule has 1 atom stereocenters. The molecule has 0 aliphatic carbocycles. The van der Waals surface area contributed by atoms with Crippen molar-refractivity contribution in [2.75, 3.05) is 12.3 Å². The van der Waals surface area contributed by atoms with Gasteiger partial charge in [0.1, 0.15) is 6.04 Å². The minimum absolute atomic E-state index is 0.186. The first kappa shape index (κ1) is 16.0. The van der Waals surface area contributed by atoms with Crippen molar-refractivity contribution in [2.24, 2.45) is 0 Å². The number of hydrogen-bond acceptors (Lipinski definition) is 3. The summed E-state index contributed by atoms with van der Waals surface area (Å²) in [6.45, 7) is 7.68. The third-order valence-electron chi connectivity index (χ3n) is 3.29. The van der Waals surface area contributed by atoms with Gasteiger partial charge in [-0.2, -0.15) is 0 Å². The van der Waals surface area contributed by atoms with E-state index in [1.807, 2.05) is 32.9 Å². The van der Waals surface area contributed by atoms with Crippen LogP contribution in [0.5, 0.6) is 0 Å². The van der Waals surface area contributed by atoms with E-state index in [-0.39, 0.29) is 11.8 Å². The van der Waals surface area contributed by atoms with E-state index in [1.165, 1.54) is 0 Å². The maximum Gasteiger partial charge on any atom is 0.242 e. The van der Waals surface area contributed by atoms with Crippen LogP contribution in [-0.4, -0.2) is 24.4 Å². The lowest BCUT2D eigenvalue weighted by Gasteiger charge is -2.26. The molecule has 110 valence electrons. The number of nitrogens with two attached hydrogens (primary N) is 1. The summed E-state index contributed by atoms with van der Waals surface area (Å²) in [5.74, 6) is -0.380. The predicted molar refractivity (Wildman–Crippen MR) is 80.2 cm³/mol. The number of likely N-dealkylation sites (N-methyl/N-ethyl adjacent to an activating group) is 1. The molecule has 5 nitrogen and oxygen atoms in total. The molecule has 0 saturated carbocycles. The standard InChI is InChI=1S/C15H23N3O2/c1-5-17-13(19)10(2)18-14(20)15(3,4)11-6-8-12(16)9-7-11/h6-10H,5,16H2,1-4H3,(H,17,19)(H,18,20). The first-order chi connectivity index (χ1) is 9.28. The molecule has 0 aliphatic heterocycles. The predicted octanol–water partition coefficient (Wildman–Crippen LogP) is 1.19. The molecule has 0 aliphatic rings. The van der Waals surface area contributed by atoms with Crippen LogP contribution >= 0.6 is 0 Å². The molecule has 0 spiro atoms. The summed E-state index contributed by atoms with van der Waals surface area (Å²) in [4.78, 5) is 24.0. The van der Waals surface area contributed by atoms with Gasteiger partial charge in [-0.05, 0) is 45.4 Å². The van der Waals surface area contributed by atoms with E-state index < -0.39 is 11.5 Å². The lowest BCUT2D eigenvalue weighted by Crippen LogP contribution is -2.50. The van der Waals surface area contributed by atoms with E-state index >= 15 is 0 Å². The fraction of sp³-hybridized carbons (Fsp3) is 0.467. The van der Waals surface area contributed by atoms with Crippen molar-refractivity contribution in [3.8, 4) is 0 Å². The Bertz CT molecular complexity index is 480. The molecule has 0 heterocycles. The van der Waals surface area contributed by atoms with Crippen molar-refractivity contribution in [1.29, 1.82) is 0 Å². The monoisotopic (exact) mass is 277 g/mol. The van der Waals surface area contributed by atoms with Crippen LogP contribution in [-0.2, 0) is 15.0 Å². The second-order valence-corrected chi connectivity index (χ2v) is 5.34. The molecule has 4 N–H and O–H groups in total. The van der Waals surface area contributed by atoms with Gasteiger partial charge in [0.05, 0.1) is 5.41 Å². The molecular formula is C15H23N3O2. The highest BCUT2D eigenvalue weighted by Crippen LogP contribution is 2.24. The van der Waals surface area contributed by atoms with Crippen LogP contribution in [0.15, 0.2) is 24.3 Å². The topological polar surface area (TPSA) is 84.2 Å². The van der Waals surface area contributed by atoms with Crippen LogP contribution in [0.4, 0.5) is 5.69 Å². The van der Waals surface area contributed by atoms with Gasteiger partial charge >= 0.3 is 0 Å². The molecule has 0 aromatic heterocycles. The maximum absolute atomic E-state index is 12.3. The summed E-state index contributed by atoms with van der Waals surface area (Å²) in [5.41, 5.74) is 6.43. The van der Waals surface area contributed by atoms with Gasteiger partial charge in [-0.25, -0.2) is 0 Å². The van der Waals surface area contributed by atoms with Gasteiger partial charge in [0.15, 0.2) is 0 Å². The van der Waals surface area contributed by atoms with E-state index in [0.717, 1.165) is 5.56 Å². The zero-order valence-electron chi connectivity index (χ0n) is 12.5. The average molecular weight is 277 g/mol. The highest BCUT2D eigenvalue weighted by molar-refractivity contribution is 5.92. The quantitative estimate of drug-likeness (QED) is 0.707. The van der Waals surface area contributed by atoms with Gasteiger partial charge in [-0.3, -0.25) is 9.59 Å². The van der Waals surface area contributed by atoms with Crippen LogP contribution < -0.4 is 16.4 Å². The fourth-order valence-electron chi connectivity index (χ4n) is 1.80. The Morgan fingerprint density at radius 3 is 2.30 bits per heavy atom. The van der Waals surface area contributed by atoms with Crippen LogP contribution in [0.2, 0.25) is 0 Å². The molecule has 1 rings (SSSR count). The van der Waals surface area contributed by atoms with E-state index in [1.54, 1.807) is 19.1 Å². The van der Waals surface area contributed by atoms with Gasteiger partial charge in [0, 0.05) is 12.2 Å². The van der Waals surface area contributed by atoms with E-state index in [0.29, 0.717) is 12.2 Å². The minimum Gasteiger partial charge on any atom is -0.399 e. The van der Waals surface area contributed by atoms with Gasteiger partial charge in [-0.1, -0.05) is 12.1 Å². The van der Waals surface area contributed by atoms with E-state index in [4.69, 9.17) is 5.73 Å². The molecule has 0 radical (unpaired) electrons. The molecule has 1 unspecified atom stereocenters. The summed E-state index contributed by atoms with van der Waals surface area (Å²) in [6, 6.07) is 6.61. The Kier molecular flexibility index (Phi) is 5.13. The third-order valence-corrected chi connectivity index (χ3v) is 3.29. The van der Waals surface area contributed by atoms with Crippen molar-refractivity contribution in [1.82, 2.24) is 10.6 Å². The van der Waals surface area contributed by atoms with Gasteiger partial charge in [0.2, 0.25) is 11.8 Å². The lowest BCUT2D eigenvalue weighted by molar-refractivity contribution is -0.131. The number of benzene rings is 1. The van der Waals surface area contributed by atoms with Crippen LogP contribution in [0.25, 0.3) is 0 Å². The minimum atomic E-state index is -0.728. The Hall–Kier alpha value is -2.04. The Labute approximate surface area is 119 Å². The van der Waals surface area contributed by atoms with Gasteiger partial charge in [-0.15, -0.1) is 0 Å². The van der Waals surface area contributed by atoms with Crippen molar-refractivity contribution in [3.63, 3.8) is 0 Å². The number of nitrogens with one attached hydrogen (secondary N) is 2. The molecule has 0 saturated heterocycles. The molecule has 2 amide bonds. The number of rotatable bonds is 5. The summed E-state index contributed by atoms with van der Waals surface area (Å²) >= 11 is 0. The maximum atomic E-state index is 12.3. The summed E-state index contributed by atoms with van der Waals surface area (Å²) in [6.07, 6.45) is 0. The third kappa shape index (κ3) is 3.73. The zero-order chi connectivity index (χ0) is 15.3. The number of anilines is 1. The number of hydrogen-bond donors (Lipinski definition) is 3. The molecular weight excluding hydrogens is 254 g/mol. The second kappa shape index (κ2) is 6.41. The smallest absolute Gasteiger partial charge is 0.242 e. The zero-order valence-corrected chi connectivity index (χ0v) is 12.5. The largest absolute Gasteiger partial charge is 0.399 e. The van der Waals surface area contributed by atoms with Crippen molar-refractivity contribution in [2.45, 2.75) is 39.2 Å². The lowest BCUT2D eigenvalue weighted by atomic mass is 9.83. The van der Waals surface area contributed by atoms with Gasteiger partial charge < -0.3 is 16.4 Å². The van der Waals surface area contributed by atoms with E-state index in [9.17, 15) is 9.59 Å². The first-order valence-electron chi connectivity index (χ1n) is 6.73. The highest BCUT2D eigenvalue weighted by atomic mass is 16.2. The molecule has 0 fully saturated rings. The highest BCUT2D eigenvalue weighted by Gasteiger charge is 2.31. The Morgan fingerprint density at radius 1 is 1.25 bits per heavy atom. The van der Waals surface area contributed by atoms with Crippen LogP contribution in [0, 0.1) is 0 Å². The summed E-state index contributed by atoms with van der Waals surface area (Å²) < 4.78 is 0. The Balaban J connectivity index is 2.79. The average Bonchev–Trinajstić information content (AvgIpc) is 2.39. The van der Waals surface area contributed by atoms with Crippen molar-refractivity contribution < 1.29 is 9.59 Å². The number of amides is 2. The number of carbonyl (C=O) groups is 2. The molecule has 0 bridgehead atoms. The van der Waals surface area contributed by atoms with Crippen LogP contribution in [0.1, 0.15) is 33.3 Å². The molecule has 1 aromatic carbocycles. The number of carbonyl (C=O) groups excluding carboxylic acids is 2. The second-order valence-electron chi connectivity index (χ2n) is 5.34. The molecule has 20 heavy (non-hydrogen) atoms. The van der Waals surface area contributed by atoms with Crippen LogP contribution in [0.3, 0.4) is 0 Å². The van der Waals surface area contributed by atoms with Crippen molar-refractivity contribution >= 4 is 17.5 Å². The van der Waals surface area contributed by atoms with E-state index in [2.05, 4.69) is 10.6 Å². The first-order valence-corrected chi connectivity index (χ1v) is 6.73. The van der Waals surface area contributed by atoms with Gasteiger partial charge in [0.25, 0.3) is 0 Å². The summed E-state index contributed by atoms with van der Waals surface area (Å²) in [5, 5.41) is 5.41. The number of nitrogen functional groups attached to an aromatic ring is 1. The molecule has 1 aromatic rings. The fourth-order valence-corrected chi connectivity index (χ4v) is 1.80. The summed E-state index contributed by atoms with van der Waals surface area (Å²) in [7, 11) is 0. The molecule has 5 heteroatoms.